The zero-order valence-electron chi connectivity index (χ0n) is 51.0. The number of aliphatic carboxylic acids is 2. The van der Waals surface area contributed by atoms with Crippen molar-refractivity contribution in [1.29, 1.82) is 0 Å². The van der Waals surface area contributed by atoms with Gasteiger partial charge in [0.1, 0.15) is 0 Å². The number of nitrogens with zero attached hydrogens (tertiary/aromatic N) is 4. The fourth-order valence-electron chi connectivity index (χ4n) is 11.0. The molecule has 0 aromatic rings. The number of esters is 4. The van der Waals surface area contributed by atoms with E-state index in [2.05, 4.69) is 120 Å². The van der Waals surface area contributed by atoms with E-state index in [4.69, 9.17) is 10.2 Å². The molecular formula is C60H120N4O10+4. The van der Waals surface area contributed by atoms with Crippen molar-refractivity contribution in [2.24, 2.45) is 0 Å². The largest absolute Gasteiger partial charge is 0.478 e. The van der Waals surface area contributed by atoms with Crippen LogP contribution in [0.4, 0.5) is 0 Å². The highest BCUT2D eigenvalue weighted by Crippen LogP contribution is 2.15. The highest BCUT2D eigenvalue weighted by Gasteiger charge is 2.25. The quantitative estimate of drug-likeness (QED) is 0.0263. The second-order valence-corrected chi connectivity index (χ2v) is 20.1. The highest BCUT2D eigenvalue weighted by molar-refractivity contribution is 6.03. The number of carboxylic acids is 2. The van der Waals surface area contributed by atoms with Crippen molar-refractivity contribution in [2.45, 2.75) is 214 Å². The van der Waals surface area contributed by atoms with Crippen LogP contribution in [0.15, 0.2) is 36.5 Å². The van der Waals surface area contributed by atoms with Crippen molar-refractivity contribution >= 4 is 35.8 Å². The van der Waals surface area contributed by atoms with Crippen molar-refractivity contribution in [2.75, 3.05) is 105 Å². The molecule has 436 valence electrons. The Hall–Kier alpha value is -3.72. The summed E-state index contributed by atoms with van der Waals surface area (Å²) in [6.07, 6.45) is 24.0. The van der Waals surface area contributed by atoms with E-state index in [0.717, 1.165) is 0 Å². The van der Waals surface area contributed by atoms with Gasteiger partial charge in [0, 0.05) is 36.5 Å². The zero-order valence-corrected chi connectivity index (χ0v) is 51.0. The van der Waals surface area contributed by atoms with Gasteiger partial charge < -0.3 is 37.6 Å². The third kappa shape index (κ3) is 44.6. The summed E-state index contributed by atoms with van der Waals surface area (Å²) in [5.74, 6) is -8.07. The van der Waals surface area contributed by atoms with Gasteiger partial charge in [-0.2, -0.15) is 0 Å². The van der Waals surface area contributed by atoms with E-state index in [1.807, 2.05) is 0 Å². The number of hydrogen-bond donors (Lipinski definition) is 2. The van der Waals surface area contributed by atoms with Crippen molar-refractivity contribution in [3.8, 4) is 0 Å². The Morgan fingerprint density at radius 2 is 0.351 bits per heavy atom. The minimum absolute atomic E-state index is 0.432. The Labute approximate surface area is 455 Å². The van der Waals surface area contributed by atoms with E-state index in [1.165, 1.54) is 225 Å². The third-order valence-corrected chi connectivity index (χ3v) is 12.6. The van der Waals surface area contributed by atoms with Gasteiger partial charge in [-0.1, -0.05) is 111 Å². The summed E-state index contributed by atoms with van der Waals surface area (Å²) < 4.78 is 13.6. The molecule has 2 N–H and O–H groups in total. The SMILES string of the molecule is CCC[N+](CCC)(CCC)CCC.CCC[N+](CCC)(CCC)CCC.CCC[N+](CCC)(CCC)CCC.CCC[N+](CCC)(CCC)CCC.O=C(O)/C=C\C(=O)OC(=O)/C=C/C(=O)OC(=O)/C=C\C(=O)O. The molecule has 0 unspecified atom stereocenters. The number of ether oxygens (including phenoxy) is 2. The lowest BCUT2D eigenvalue weighted by Crippen LogP contribution is -2.50. The van der Waals surface area contributed by atoms with E-state index in [0.29, 0.717) is 36.5 Å². The smallest absolute Gasteiger partial charge is 0.338 e. The Kier molecular flexibility index (Phi) is 56.4. The zero-order chi connectivity index (χ0) is 57.7. The molecule has 0 aliphatic rings. The number of rotatable bonds is 38. The molecule has 0 rings (SSSR count). The van der Waals surface area contributed by atoms with Gasteiger partial charge in [0.2, 0.25) is 0 Å². The van der Waals surface area contributed by atoms with Crippen LogP contribution in [0.5, 0.6) is 0 Å². The van der Waals surface area contributed by atoms with Gasteiger partial charge in [-0.15, -0.1) is 0 Å². The fraction of sp³-hybridized carbons (Fsp3) is 0.800. The maximum atomic E-state index is 11.0. The van der Waals surface area contributed by atoms with Crippen molar-refractivity contribution in [1.82, 2.24) is 0 Å². The summed E-state index contributed by atoms with van der Waals surface area (Å²) in [6, 6.07) is 0. The van der Waals surface area contributed by atoms with Crippen LogP contribution in [0.3, 0.4) is 0 Å². The molecule has 0 spiro atoms. The van der Waals surface area contributed by atoms with Crippen LogP contribution >= 0.6 is 0 Å². The summed E-state index contributed by atoms with van der Waals surface area (Å²) in [5, 5.41) is 16.4. The molecule has 0 aliphatic carbocycles. The molecule has 0 aromatic carbocycles. The summed E-state index contributed by atoms with van der Waals surface area (Å²) in [7, 11) is 0. The predicted octanol–water partition coefficient (Wildman–Crippen LogP) is 12.7. The number of carbonyl (C=O) groups excluding carboxylic acids is 4. The fourth-order valence-corrected chi connectivity index (χ4v) is 11.0. The summed E-state index contributed by atoms with van der Waals surface area (Å²) in [6.45, 7) is 59.2. The standard InChI is InChI=1S/4C12H28N.C12H8O10/c4*1-5-9-13(10-6-2,11-7-3)12-8-4;13-7(14)1-3-9(17)21-11(19)5-6-12(20)22-10(18)4-2-8(15)16/h4*5-12H2,1-4H3;1-6H,(H,13,14)(H,15,16)/q4*+1;/b;;;;3-1-,4-2-,6-5+. The predicted molar refractivity (Wildman–Crippen MR) is 308 cm³/mol. The number of quaternary nitrogens is 4. The molecule has 0 aromatic heterocycles. The number of carbonyl (C=O) groups is 6. The van der Waals surface area contributed by atoms with Crippen LogP contribution in [-0.4, -0.2) is 169 Å². The van der Waals surface area contributed by atoms with Crippen LogP contribution in [0, 0.1) is 0 Å². The van der Waals surface area contributed by atoms with Crippen molar-refractivity contribution < 1.29 is 66.4 Å². The Morgan fingerprint density at radius 3 is 0.446 bits per heavy atom. The van der Waals surface area contributed by atoms with Gasteiger partial charge in [-0.25, -0.2) is 28.8 Å². The normalized spacial score (nSPS) is 11.6. The maximum absolute atomic E-state index is 11.0. The van der Waals surface area contributed by atoms with Gasteiger partial charge in [0.25, 0.3) is 0 Å². The maximum Gasteiger partial charge on any atom is 0.338 e. The molecular weight excluding hydrogens is 937 g/mol. The minimum atomic E-state index is -1.43. The lowest BCUT2D eigenvalue weighted by atomic mass is 10.2. The molecule has 0 aliphatic heterocycles. The van der Waals surface area contributed by atoms with Gasteiger partial charge in [-0.3, -0.25) is 0 Å². The first-order chi connectivity index (χ1) is 35.2. The summed E-state index contributed by atoms with van der Waals surface area (Å²) in [4.78, 5) is 63.9. The first-order valence-corrected chi connectivity index (χ1v) is 29.6. The van der Waals surface area contributed by atoms with Crippen LogP contribution in [0.25, 0.3) is 0 Å². The molecule has 14 nitrogen and oxygen atoms in total. The molecule has 14 heteroatoms. The van der Waals surface area contributed by atoms with Crippen LogP contribution in [0.2, 0.25) is 0 Å². The molecule has 74 heavy (non-hydrogen) atoms. The number of carboxylic acid groups (broad SMARTS) is 2. The molecule has 0 atom stereocenters. The summed E-state index contributed by atoms with van der Waals surface area (Å²) >= 11 is 0. The van der Waals surface area contributed by atoms with E-state index in [1.54, 1.807) is 0 Å². The summed E-state index contributed by atoms with van der Waals surface area (Å²) in [5.41, 5.74) is 0. The van der Waals surface area contributed by atoms with E-state index in [9.17, 15) is 28.8 Å². The van der Waals surface area contributed by atoms with Crippen LogP contribution < -0.4 is 0 Å². The van der Waals surface area contributed by atoms with Crippen molar-refractivity contribution in [3.63, 3.8) is 0 Å². The lowest BCUT2D eigenvalue weighted by molar-refractivity contribution is -0.928. The molecule has 0 amide bonds. The minimum Gasteiger partial charge on any atom is -0.478 e. The first kappa shape index (κ1) is 79.2. The van der Waals surface area contributed by atoms with Crippen molar-refractivity contribution in [3.05, 3.63) is 36.5 Å². The van der Waals surface area contributed by atoms with Crippen LogP contribution in [0.1, 0.15) is 214 Å². The number of hydrogen-bond acceptors (Lipinski definition) is 8. The monoisotopic (exact) mass is 1060 g/mol. The van der Waals surface area contributed by atoms with E-state index >= 15 is 0 Å². The molecule has 0 saturated carbocycles. The average molecular weight is 1060 g/mol. The first-order valence-electron chi connectivity index (χ1n) is 29.6. The third-order valence-electron chi connectivity index (χ3n) is 12.6. The van der Waals surface area contributed by atoms with Crippen LogP contribution in [-0.2, 0) is 38.2 Å². The lowest BCUT2D eigenvalue weighted by Gasteiger charge is -2.38. The second kappa shape index (κ2) is 52.7. The topological polar surface area (TPSA) is 161 Å². The molecule has 0 saturated heterocycles. The van der Waals surface area contributed by atoms with Gasteiger partial charge >= 0.3 is 35.8 Å². The van der Waals surface area contributed by atoms with Gasteiger partial charge in [0.15, 0.2) is 0 Å². The van der Waals surface area contributed by atoms with E-state index < -0.39 is 35.8 Å². The Morgan fingerprint density at radius 1 is 0.243 bits per heavy atom. The van der Waals surface area contributed by atoms with E-state index in [-0.39, 0.29) is 0 Å². The van der Waals surface area contributed by atoms with Gasteiger partial charge in [0.05, 0.1) is 105 Å². The second-order valence-electron chi connectivity index (χ2n) is 20.1. The molecule has 0 bridgehead atoms. The highest BCUT2D eigenvalue weighted by atomic mass is 16.6. The molecule has 0 radical (unpaired) electrons. The molecule has 0 heterocycles. The van der Waals surface area contributed by atoms with Gasteiger partial charge in [-0.05, 0) is 103 Å². The molecule has 0 fully saturated rings. The Balaban J connectivity index is -0.000000274. The average Bonchev–Trinajstić information content (AvgIpc) is 3.32. The Bertz CT molecular complexity index is 1210.